The molecule has 0 radical (unpaired) electrons. The van der Waals surface area contributed by atoms with Gasteiger partial charge in [0.05, 0.1) is 0 Å². The maximum atomic E-state index is 11.7. The van der Waals surface area contributed by atoms with Gasteiger partial charge in [-0.15, -0.1) is 0 Å². The first-order valence-corrected chi connectivity index (χ1v) is 7.73. The molecule has 0 aliphatic heterocycles. The van der Waals surface area contributed by atoms with Crippen molar-refractivity contribution in [3.63, 3.8) is 0 Å². The Kier molecular flexibility index (Phi) is 5.61. The van der Waals surface area contributed by atoms with Gasteiger partial charge in [-0.1, -0.05) is 56.1 Å². The summed E-state index contributed by atoms with van der Waals surface area (Å²) in [6.45, 7) is 1.03. The topological polar surface area (TPSA) is 41.1 Å². The molecule has 0 aromatic heterocycles. The lowest BCUT2D eigenvalue weighted by Crippen LogP contribution is -2.34. The van der Waals surface area contributed by atoms with Crippen LogP contribution >= 0.6 is 31.9 Å². The number of hydrogen-bond donors (Lipinski definition) is 2. The van der Waals surface area contributed by atoms with Crippen molar-refractivity contribution >= 4 is 37.9 Å². The minimum Gasteiger partial charge on any atom is -0.334 e. The Bertz CT molecular complexity index is 516. The van der Waals surface area contributed by atoms with E-state index in [9.17, 15) is 4.79 Å². The minimum absolute atomic E-state index is 0.171. The summed E-state index contributed by atoms with van der Waals surface area (Å²) in [6, 6.07) is 15.5. The number of carbonyl (C=O) groups is 1. The van der Waals surface area contributed by atoms with Crippen LogP contribution in [0.3, 0.4) is 0 Å². The SMILES string of the molecule is O=C(NCc1ccc(Br)cc1)NCc1ccc(Br)cc1. The standard InChI is InChI=1S/C15H14Br2N2O/c16-13-5-1-11(2-6-13)9-18-15(20)19-10-12-3-7-14(17)8-4-12/h1-8H,9-10H2,(H2,18,19,20). The van der Waals surface area contributed by atoms with Gasteiger partial charge < -0.3 is 10.6 Å². The second-order valence-electron chi connectivity index (χ2n) is 4.29. The number of benzene rings is 2. The van der Waals surface area contributed by atoms with Gasteiger partial charge in [0.1, 0.15) is 0 Å². The molecule has 0 unspecified atom stereocenters. The van der Waals surface area contributed by atoms with Crippen LogP contribution < -0.4 is 10.6 Å². The molecule has 0 bridgehead atoms. The summed E-state index contributed by atoms with van der Waals surface area (Å²) in [4.78, 5) is 11.7. The Morgan fingerprint density at radius 3 is 1.45 bits per heavy atom. The van der Waals surface area contributed by atoms with Crippen LogP contribution in [0.5, 0.6) is 0 Å². The maximum Gasteiger partial charge on any atom is 0.315 e. The number of amides is 2. The molecule has 0 atom stereocenters. The van der Waals surface area contributed by atoms with Crippen LogP contribution in [0.1, 0.15) is 11.1 Å². The molecule has 0 saturated heterocycles. The van der Waals surface area contributed by atoms with E-state index in [0.29, 0.717) is 13.1 Å². The van der Waals surface area contributed by atoms with Gasteiger partial charge >= 0.3 is 6.03 Å². The maximum absolute atomic E-state index is 11.7. The van der Waals surface area contributed by atoms with Crippen molar-refractivity contribution in [1.29, 1.82) is 0 Å². The average Bonchev–Trinajstić information content (AvgIpc) is 2.46. The number of carbonyl (C=O) groups excluding carboxylic acids is 1. The second kappa shape index (κ2) is 7.45. The summed E-state index contributed by atoms with van der Waals surface area (Å²) >= 11 is 6.76. The predicted octanol–water partition coefficient (Wildman–Crippen LogP) is 4.21. The zero-order valence-electron chi connectivity index (χ0n) is 10.7. The van der Waals surface area contributed by atoms with E-state index >= 15 is 0 Å². The van der Waals surface area contributed by atoms with Crippen LogP contribution in [-0.2, 0) is 13.1 Å². The molecule has 104 valence electrons. The van der Waals surface area contributed by atoms with Crippen LogP contribution in [0.2, 0.25) is 0 Å². The lowest BCUT2D eigenvalue weighted by atomic mass is 10.2. The van der Waals surface area contributed by atoms with Crippen LogP contribution in [0, 0.1) is 0 Å². The Morgan fingerprint density at radius 2 is 1.10 bits per heavy atom. The van der Waals surface area contributed by atoms with E-state index in [2.05, 4.69) is 42.5 Å². The molecule has 0 heterocycles. The Hall–Kier alpha value is -1.33. The molecule has 2 rings (SSSR count). The average molecular weight is 398 g/mol. The third-order valence-electron chi connectivity index (χ3n) is 2.73. The van der Waals surface area contributed by atoms with Crippen LogP contribution in [0.4, 0.5) is 4.79 Å². The molecule has 2 N–H and O–H groups in total. The molecule has 0 fully saturated rings. The molecule has 2 amide bonds. The lowest BCUT2D eigenvalue weighted by Gasteiger charge is -2.08. The van der Waals surface area contributed by atoms with E-state index in [1.165, 1.54) is 0 Å². The Morgan fingerprint density at radius 1 is 0.750 bits per heavy atom. The van der Waals surface area contributed by atoms with Crippen molar-refractivity contribution < 1.29 is 4.79 Å². The van der Waals surface area contributed by atoms with Crippen molar-refractivity contribution in [2.45, 2.75) is 13.1 Å². The van der Waals surface area contributed by atoms with Gasteiger partial charge in [-0.25, -0.2) is 4.79 Å². The number of nitrogens with one attached hydrogen (secondary N) is 2. The highest BCUT2D eigenvalue weighted by molar-refractivity contribution is 9.10. The van der Waals surface area contributed by atoms with Gasteiger partial charge in [0.2, 0.25) is 0 Å². The fraction of sp³-hybridized carbons (Fsp3) is 0.133. The fourth-order valence-electron chi connectivity index (χ4n) is 1.63. The number of hydrogen-bond acceptors (Lipinski definition) is 1. The minimum atomic E-state index is -0.171. The van der Waals surface area contributed by atoms with Crippen molar-refractivity contribution in [2.75, 3.05) is 0 Å². The quantitative estimate of drug-likeness (QED) is 0.796. The molecule has 0 saturated carbocycles. The normalized spacial score (nSPS) is 10.1. The van der Waals surface area contributed by atoms with E-state index in [0.717, 1.165) is 20.1 Å². The first kappa shape index (κ1) is 15.1. The van der Waals surface area contributed by atoms with Gasteiger partial charge in [-0.3, -0.25) is 0 Å². The van der Waals surface area contributed by atoms with Crippen LogP contribution in [0.15, 0.2) is 57.5 Å². The molecule has 20 heavy (non-hydrogen) atoms. The van der Waals surface area contributed by atoms with Crippen molar-refractivity contribution in [2.24, 2.45) is 0 Å². The summed E-state index contributed by atoms with van der Waals surface area (Å²) in [5, 5.41) is 5.65. The van der Waals surface area contributed by atoms with Crippen molar-refractivity contribution in [1.82, 2.24) is 10.6 Å². The molecular formula is C15H14Br2N2O. The summed E-state index contributed by atoms with van der Waals surface area (Å²) < 4.78 is 2.06. The third kappa shape index (κ3) is 4.98. The number of urea groups is 1. The first-order chi connectivity index (χ1) is 9.63. The fourth-order valence-corrected chi connectivity index (χ4v) is 2.16. The smallest absolute Gasteiger partial charge is 0.315 e. The third-order valence-corrected chi connectivity index (χ3v) is 3.79. The van der Waals surface area contributed by atoms with E-state index < -0.39 is 0 Å². The summed E-state index contributed by atoms with van der Waals surface area (Å²) in [7, 11) is 0. The molecule has 0 aliphatic carbocycles. The summed E-state index contributed by atoms with van der Waals surface area (Å²) in [6.07, 6.45) is 0. The second-order valence-corrected chi connectivity index (χ2v) is 6.12. The largest absolute Gasteiger partial charge is 0.334 e. The Labute approximate surface area is 135 Å². The zero-order chi connectivity index (χ0) is 14.4. The number of halogens is 2. The zero-order valence-corrected chi connectivity index (χ0v) is 13.9. The lowest BCUT2D eigenvalue weighted by molar-refractivity contribution is 0.240. The monoisotopic (exact) mass is 396 g/mol. The highest BCUT2D eigenvalue weighted by atomic mass is 79.9. The van der Waals surface area contributed by atoms with Crippen molar-refractivity contribution in [3.05, 3.63) is 68.6 Å². The molecule has 5 heteroatoms. The number of rotatable bonds is 4. The van der Waals surface area contributed by atoms with Crippen LogP contribution in [-0.4, -0.2) is 6.03 Å². The van der Waals surface area contributed by atoms with Crippen LogP contribution in [0.25, 0.3) is 0 Å². The van der Waals surface area contributed by atoms with E-state index in [1.54, 1.807) is 0 Å². The van der Waals surface area contributed by atoms with Gasteiger partial charge in [0.15, 0.2) is 0 Å². The van der Waals surface area contributed by atoms with E-state index in [1.807, 2.05) is 48.5 Å². The summed E-state index contributed by atoms with van der Waals surface area (Å²) in [5.74, 6) is 0. The van der Waals surface area contributed by atoms with Gasteiger partial charge in [0, 0.05) is 22.0 Å². The molecule has 3 nitrogen and oxygen atoms in total. The molecular weight excluding hydrogens is 384 g/mol. The van der Waals surface area contributed by atoms with Gasteiger partial charge in [-0.2, -0.15) is 0 Å². The van der Waals surface area contributed by atoms with Crippen molar-refractivity contribution in [3.8, 4) is 0 Å². The van der Waals surface area contributed by atoms with E-state index in [-0.39, 0.29) is 6.03 Å². The first-order valence-electron chi connectivity index (χ1n) is 6.14. The van der Waals surface area contributed by atoms with E-state index in [4.69, 9.17) is 0 Å². The molecule has 0 aliphatic rings. The van der Waals surface area contributed by atoms with Gasteiger partial charge in [0.25, 0.3) is 0 Å². The highest BCUT2D eigenvalue weighted by Gasteiger charge is 2.01. The molecule has 0 spiro atoms. The molecule has 2 aromatic carbocycles. The predicted molar refractivity (Wildman–Crippen MR) is 87.4 cm³/mol. The molecule has 2 aromatic rings. The van der Waals surface area contributed by atoms with Gasteiger partial charge in [-0.05, 0) is 35.4 Å². The highest BCUT2D eigenvalue weighted by Crippen LogP contribution is 2.11. The Balaban J connectivity index is 1.75. The summed E-state index contributed by atoms with van der Waals surface area (Å²) in [5.41, 5.74) is 2.12.